The fourth-order valence-electron chi connectivity index (χ4n) is 1.74. The lowest BCUT2D eigenvalue weighted by molar-refractivity contribution is -0.126. The molecular formula is C12H24N2O3. The van der Waals surface area contributed by atoms with Gasteiger partial charge in [0.05, 0.1) is 12.7 Å². The van der Waals surface area contributed by atoms with Gasteiger partial charge in [-0.2, -0.15) is 0 Å². The van der Waals surface area contributed by atoms with E-state index in [1.165, 1.54) is 0 Å². The molecule has 0 aromatic rings. The van der Waals surface area contributed by atoms with Gasteiger partial charge in [-0.1, -0.05) is 6.92 Å². The molecule has 1 fully saturated rings. The van der Waals surface area contributed by atoms with Crippen molar-refractivity contribution in [1.29, 1.82) is 0 Å². The Morgan fingerprint density at radius 1 is 1.35 bits per heavy atom. The van der Waals surface area contributed by atoms with Gasteiger partial charge in [-0.05, 0) is 32.4 Å². The van der Waals surface area contributed by atoms with E-state index >= 15 is 0 Å². The highest BCUT2D eigenvalue weighted by Crippen LogP contribution is 2.06. The molecule has 0 saturated carbocycles. The number of carbonyl (C=O) groups excluding carboxylic acids is 1. The summed E-state index contributed by atoms with van der Waals surface area (Å²) in [6.45, 7) is 6.02. The monoisotopic (exact) mass is 244 g/mol. The van der Waals surface area contributed by atoms with Crippen molar-refractivity contribution < 1.29 is 14.3 Å². The van der Waals surface area contributed by atoms with Crippen LogP contribution in [0.15, 0.2) is 0 Å². The Morgan fingerprint density at radius 2 is 2.12 bits per heavy atom. The maximum Gasteiger partial charge on any atom is 0.246 e. The first kappa shape index (κ1) is 14.4. The number of amides is 1. The van der Waals surface area contributed by atoms with Crippen LogP contribution in [-0.4, -0.2) is 51.5 Å². The van der Waals surface area contributed by atoms with Crippen LogP contribution in [0.2, 0.25) is 0 Å². The maximum atomic E-state index is 11.3. The zero-order valence-electron chi connectivity index (χ0n) is 10.7. The van der Waals surface area contributed by atoms with Gasteiger partial charge >= 0.3 is 0 Å². The number of rotatable bonds is 8. The van der Waals surface area contributed by atoms with Crippen LogP contribution in [0.4, 0.5) is 0 Å². The first-order chi connectivity index (χ1) is 8.33. The lowest BCUT2D eigenvalue weighted by Crippen LogP contribution is -2.35. The maximum absolute atomic E-state index is 11.3. The summed E-state index contributed by atoms with van der Waals surface area (Å²) >= 11 is 0. The number of ether oxygens (including phenoxy) is 2. The first-order valence-electron chi connectivity index (χ1n) is 6.49. The van der Waals surface area contributed by atoms with Crippen molar-refractivity contribution in [1.82, 2.24) is 10.6 Å². The average Bonchev–Trinajstić information content (AvgIpc) is 2.36. The molecule has 0 aliphatic carbocycles. The summed E-state index contributed by atoms with van der Waals surface area (Å²) in [6.07, 6.45) is 3.41. The van der Waals surface area contributed by atoms with Crippen LogP contribution >= 0.6 is 0 Å². The molecule has 0 radical (unpaired) electrons. The molecule has 0 aromatic carbocycles. The summed E-state index contributed by atoms with van der Waals surface area (Å²) in [5.41, 5.74) is 0. The molecule has 1 heterocycles. The summed E-state index contributed by atoms with van der Waals surface area (Å²) in [7, 11) is 0. The second kappa shape index (κ2) is 9.39. The molecule has 0 aromatic heterocycles. The van der Waals surface area contributed by atoms with Crippen molar-refractivity contribution in [2.24, 2.45) is 0 Å². The second-order valence-corrected chi connectivity index (χ2v) is 4.22. The topological polar surface area (TPSA) is 59.6 Å². The van der Waals surface area contributed by atoms with E-state index in [1.807, 2.05) is 6.92 Å². The Bertz CT molecular complexity index is 206. The quantitative estimate of drug-likeness (QED) is 0.603. The van der Waals surface area contributed by atoms with Gasteiger partial charge in [0.25, 0.3) is 0 Å². The predicted octanol–water partition coefficient (Wildman–Crippen LogP) is 0.298. The third kappa shape index (κ3) is 7.31. The van der Waals surface area contributed by atoms with Crippen LogP contribution in [0.25, 0.3) is 0 Å². The molecule has 5 nitrogen and oxygen atoms in total. The molecule has 0 atom stereocenters. The van der Waals surface area contributed by atoms with Crippen LogP contribution in [0, 0.1) is 0 Å². The lowest BCUT2D eigenvalue weighted by Gasteiger charge is -2.22. The van der Waals surface area contributed by atoms with Crippen LogP contribution in [0.3, 0.4) is 0 Å². The molecular weight excluding hydrogens is 220 g/mol. The molecule has 1 aliphatic heterocycles. The molecule has 1 rings (SSSR count). The van der Waals surface area contributed by atoms with E-state index in [0.29, 0.717) is 25.9 Å². The molecule has 0 spiro atoms. The Balaban J connectivity index is 1.90. The fourth-order valence-corrected chi connectivity index (χ4v) is 1.74. The normalized spacial score (nSPS) is 17.0. The Hall–Kier alpha value is -0.650. The molecule has 0 bridgehead atoms. The summed E-state index contributed by atoms with van der Waals surface area (Å²) < 4.78 is 10.8. The molecule has 1 saturated heterocycles. The average molecular weight is 244 g/mol. The van der Waals surface area contributed by atoms with E-state index in [-0.39, 0.29) is 12.5 Å². The highest BCUT2D eigenvalue weighted by Gasteiger charge is 2.12. The number of hydrogen-bond donors (Lipinski definition) is 2. The number of piperidine rings is 1. The summed E-state index contributed by atoms with van der Waals surface area (Å²) in [4.78, 5) is 11.3. The smallest absolute Gasteiger partial charge is 0.246 e. The van der Waals surface area contributed by atoms with Crippen molar-refractivity contribution in [3.8, 4) is 0 Å². The molecule has 0 unspecified atom stereocenters. The molecule has 1 amide bonds. The van der Waals surface area contributed by atoms with Gasteiger partial charge in [0.2, 0.25) is 5.91 Å². The summed E-state index contributed by atoms with van der Waals surface area (Å²) in [6, 6.07) is 0. The van der Waals surface area contributed by atoms with Crippen LogP contribution in [0.1, 0.15) is 26.2 Å². The minimum atomic E-state index is -0.0626. The third-order valence-corrected chi connectivity index (χ3v) is 2.65. The largest absolute Gasteiger partial charge is 0.376 e. The van der Waals surface area contributed by atoms with Gasteiger partial charge < -0.3 is 20.1 Å². The number of hydrogen-bond acceptors (Lipinski definition) is 4. The van der Waals surface area contributed by atoms with Gasteiger partial charge in [0.15, 0.2) is 0 Å². The van der Waals surface area contributed by atoms with Crippen molar-refractivity contribution in [3.63, 3.8) is 0 Å². The second-order valence-electron chi connectivity index (χ2n) is 4.22. The predicted molar refractivity (Wildman–Crippen MR) is 66.0 cm³/mol. The van der Waals surface area contributed by atoms with E-state index in [0.717, 1.165) is 32.4 Å². The molecule has 2 N–H and O–H groups in total. The Labute approximate surface area is 103 Å². The Kier molecular flexibility index (Phi) is 7.96. The van der Waals surface area contributed by atoms with Gasteiger partial charge in [-0.15, -0.1) is 0 Å². The lowest BCUT2D eigenvalue weighted by atomic mass is 10.1. The van der Waals surface area contributed by atoms with E-state index in [1.54, 1.807) is 0 Å². The molecule has 100 valence electrons. The minimum absolute atomic E-state index is 0.0626. The van der Waals surface area contributed by atoms with Crippen molar-refractivity contribution in [3.05, 3.63) is 0 Å². The highest BCUT2D eigenvalue weighted by atomic mass is 16.5. The van der Waals surface area contributed by atoms with Crippen molar-refractivity contribution in [2.75, 3.05) is 39.5 Å². The van der Waals surface area contributed by atoms with E-state index in [9.17, 15) is 4.79 Å². The fraction of sp³-hybridized carbons (Fsp3) is 0.917. The van der Waals surface area contributed by atoms with Gasteiger partial charge in [0.1, 0.15) is 6.61 Å². The van der Waals surface area contributed by atoms with Crippen LogP contribution in [-0.2, 0) is 14.3 Å². The zero-order valence-corrected chi connectivity index (χ0v) is 10.7. The van der Waals surface area contributed by atoms with E-state index < -0.39 is 0 Å². The first-order valence-corrected chi connectivity index (χ1v) is 6.49. The number of carbonyl (C=O) groups is 1. The van der Waals surface area contributed by atoms with Gasteiger partial charge in [0, 0.05) is 13.2 Å². The minimum Gasteiger partial charge on any atom is -0.376 e. The molecule has 1 aliphatic rings. The number of nitrogens with one attached hydrogen (secondary N) is 2. The standard InChI is InChI=1S/C12H24N2O3/c1-2-8-16-10-12(15)14-7-9-17-11-3-5-13-6-4-11/h11,13H,2-10H2,1H3,(H,14,15). The van der Waals surface area contributed by atoms with Crippen molar-refractivity contribution >= 4 is 5.91 Å². The van der Waals surface area contributed by atoms with Crippen LogP contribution < -0.4 is 10.6 Å². The third-order valence-electron chi connectivity index (χ3n) is 2.65. The van der Waals surface area contributed by atoms with Crippen LogP contribution in [0.5, 0.6) is 0 Å². The van der Waals surface area contributed by atoms with Gasteiger partial charge in [-0.25, -0.2) is 0 Å². The Morgan fingerprint density at radius 3 is 2.82 bits per heavy atom. The SMILES string of the molecule is CCCOCC(=O)NCCOC1CCNCC1. The summed E-state index contributed by atoms with van der Waals surface area (Å²) in [5, 5.41) is 6.06. The van der Waals surface area contributed by atoms with E-state index in [4.69, 9.17) is 9.47 Å². The highest BCUT2D eigenvalue weighted by molar-refractivity contribution is 5.77. The van der Waals surface area contributed by atoms with Crippen molar-refractivity contribution in [2.45, 2.75) is 32.3 Å². The van der Waals surface area contributed by atoms with Gasteiger partial charge in [-0.3, -0.25) is 4.79 Å². The molecule has 17 heavy (non-hydrogen) atoms. The summed E-state index contributed by atoms with van der Waals surface area (Å²) in [5.74, 6) is -0.0626. The zero-order chi connectivity index (χ0) is 12.3. The van der Waals surface area contributed by atoms with E-state index in [2.05, 4.69) is 10.6 Å². The molecule has 5 heteroatoms.